The van der Waals surface area contributed by atoms with Gasteiger partial charge in [0, 0.05) is 36.2 Å². The maximum atomic E-state index is 13.0. The zero-order chi connectivity index (χ0) is 21.8. The molecule has 1 aliphatic heterocycles. The van der Waals surface area contributed by atoms with E-state index in [0.717, 1.165) is 65.8 Å². The molecule has 0 N–H and O–H groups in total. The second kappa shape index (κ2) is 9.42. The van der Waals surface area contributed by atoms with Crippen molar-refractivity contribution in [3.63, 3.8) is 0 Å². The van der Waals surface area contributed by atoms with E-state index in [4.69, 9.17) is 9.15 Å². The van der Waals surface area contributed by atoms with Gasteiger partial charge in [0.1, 0.15) is 11.3 Å². The van der Waals surface area contributed by atoms with Crippen LogP contribution in [0.15, 0.2) is 59.2 Å². The highest BCUT2D eigenvalue weighted by Gasteiger charge is 2.22. The van der Waals surface area contributed by atoms with Gasteiger partial charge in [0.15, 0.2) is 0 Å². The molecule has 4 rings (SSSR count). The molecule has 1 aromatic heterocycles. The molecule has 0 spiro atoms. The number of nitrogens with zero attached hydrogens (tertiary/aromatic N) is 1. The van der Waals surface area contributed by atoms with Gasteiger partial charge >= 0.3 is 0 Å². The quantitative estimate of drug-likeness (QED) is 0.460. The first kappa shape index (κ1) is 21.2. The Morgan fingerprint density at radius 2 is 1.94 bits per heavy atom. The molecule has 0 bridgehead atoms. The van der Waals surface area contributed by atoms with Crippen LogP contribution in [0.3, 0.4) is 0 Å². The number of carbonyl (C=O) groups excluding carboxylic acids is 1. The molecule has 0 radical (unpaired) electrons. The van der Waals surface area contributed by atoms with Crippen LogP contribution in [0.2, 0.25) is 0 Å². The third-order valence-corrected chi connectivity index (χ3v) is 6.23. The molecule has 1 saturated heterocycles. The molecule has 1 fully saturated rings. The van der Waals surface area contributed by atoms with Crippen molar-refractivity contribution >= 4 is 22.4 Å². The van der Waals surface area contributed by atoms with E-state index in [-0.39, 0.29) is 5.91 Å². The Morgan fingerprint density at radius 3 is 2.65 bits per heavy atom. The average molecular weight is 418 g/mol. The van der Waals surface area contributed by atoms with E-state index in [0.29, 0.717) is 12.5 Å². The molecule has 2 heterocycles. The van der Waals surface area contributed by atoms with Crippen molar-refractivity contribution in [2.45, 2.75) is 40.0 Å². The van der Waals surface area contributed by atoms with E-state index in [1.807, 2.05) is 31.7 Å². The number of fused-ring (bicyclic) bond motifs is 1. The molecule has 3 aromatic rings. The molecule has 162 valence electrons. The minimum absolute atomic E-state index is 0.0853. The van der Waals surface area contributed by atoms with Gasteiger partial charge < -0.3 is 14.1 Å². The lowest BCUT2D eigenvalue weighted by Gasteiger charge is -2.31. The van der Waals surface area contributed by atoms with Gasteiger partial charge in [-0.1, -0.05) is 30.3 Å². The summed E-state index contributed by atoms with van der Waals surface area (Å²) >= 11 is 0. The molecule has 2 aromatic carbocycles. The van der Waals surface area contributed by atoms with E-state index < -0.39 is 0 Å². The number of amides is 1. The number of aryl methyl sites for hydroxylation is 1. The zero-order valence-corrected chi connectivity index (χ0v) is 18.7. The first-order valence-corrected chi connectivity index (χ1v) is 11.2. The first-order valence-electron chi connectivity index (χ1n) is 11.2. The van der Waals surface area contributed by atoms with Crippen molar-refractivity contribution in [1.29, 1.82) is 0 Å². The highest BCUT2D eigenvalue weighted by atomic mass is 16.5. The molecule has 1 amide bonds. The standard InChI is InChI=1S/C27H31NO3/c1-4-30-25-17-26-24(20(3)18-31-26)16-23(25)19(2)14-27(29)28-12-10-22(11-13-28)15-21-8-6-5-7-9-21/h5-9,14,16-18,22H,4,10-13,15H2,1-3H3/b19-14+. The van der Waals surface area contributed by atoms with Crippen LogP contribution in [0, 0.1) is 12.8 Å². The van der Waals surface area contributed by atoms with Gasteiger partial charge in [0.05, 0.1) is 12.9 Å². The van der Waals surface area contributed by atoms with Crippen LogP contribution in [-0.2, 0) is 11.2 Å². The normalized spacial score (nSPS) is 15.5. The van der Waals surface area contributed by atoms with Gasteiger partial charge in [-0.2, -0.15) is 0 Å². The number of ether oxygens (including phenoxy) is 1. The summed E-state index contributed by atoms with van der Waals surface area (Å²) in [5.41, 5.74) is 5.15. The van der Waals surface area contributed by atoms with E-state index in [1.165, 1.54) is 5.56 Å². The Morgan fingerprint density at radius 1 is 1.19 bits per heavy atom. The summed E-state index contributed by atoms with van der Waals surface area (Å²) in [6, 6.07) is 14.6. The lowest BCUT2D eigenvalue weighted by molar-refractivity contribution is -0.127. The van der Waals surface area contributed by atoms with E-state index >= 15 is 0 Å². The van der Waals surface area contributed by atoms with Gasteiger partial charge in [-0.15, -0.1) is 0 Å². The Kier molecular flexibility index (Phi) is 6.45. The van der Waals surface area contributed by atoms with Gasteiger partial charge in [-0.25, -0.2) is 0 Å². The monoisotopic (exact) mass is 417 g/mol. The third-order valence-electron chi connectivity index (χ3n) is 6.23. The van der Waals surface area contributed by atoms with Crippen molar-refractivity contribution < 1.29 is 13.9 Å². The number of hydrogen-bond acceptors (Lipinski definition) is 3. The molecule has 4 heteroatoms. The lowest BCUT2D eigenvalue weighted by atomic mass is 9.90. The SMILES string of the molecule is CCOc1cc2occ(C)c2cc1/C(C)=C/C(=O)N1CCC(Cc2ccccc2)CC1. The number of benzene rings is 2. The van der Waals surface area contributed by atoms with Gasteiger partial charge in [0.2, 0.25) is 5.91 Å². The Hall–Kier alpha value is -3.01. The third kappa shape index (κ3) is 4.84. The molecule has 0 unspecified atom stereocenters. The van der Waals surface area contributed by atoms with Crippen molar-refractivity contribution in [3.05, 3.63) is 71.5 Å². The average Bonchev–Trinajstić information content (AvgIpc) is 3.14. The smallest absolute Gasteiger partial charge is 0.246 e. The summed E-state index contributed by atoms with van der Waals surface area (Å²) in [6.07, 6.45) is 6.72. The molecule has 31 heavy (non-hydrogen) atoms. The summed E-state index contributed by atoms with van der Waals surface area (Å²) in [4.78, 5) is 15.0. The number of carbonyl (C=O) groups is 1. The molecule has 0 saturated carbocycles. The summed E-state index contributed by atoms with van der Waals surface area (Å²) in [7, 11) is 0. The first-order chi connectivity index (χ1) is 15.0. The van der Waals surface area contributed by atoms with Crippen LogP contribution in [0.1, 0.15) is 43.4 Å². The molecular formula is C27H31NO3. The van der Waals surface area contributed by atoms with Gasteiger partial charge in [0.25, 0.3) is 0 Å². The number of allylic oxidation sites excluding steroid dienone is 1. The number of likely N-dealkylation sites (tertiary alicyclic amines) is 1. The summed E-state index contributed by atoms with van der Waals surface area (Å²) < 4.78 is 11.5. The van der Waals surface area contributed by atoms with Crippen LogP contribution >= 0.6 is 0 Å². The number of furan rings is 1. The predicted octanol–water partition coefficient (Wildman–Crippen LogP) is 6.02. The highest BCUT2D eigenvalue weighted by Crippen LogP contribution is 2.33. The van der Waals surface area contributed by atoms with Crippen LogP contribution in [-0.4, -0.2) is 30.5 Å². The molecule has 4 nitrogen and oxygen atoms in total. The second-order valence-corrected chi connectivity index (χ2v) is 8.48. The van der Waals surface area contributed by atoms with Crippen LogP contribution in [0.4, 0.5) is 0 Å². The zero-order valence-electron chi connectivity index (χ0n) is 18.7. The van der Waals surface area contributed by atoms with Gasteiger partial charge in [-0.3, -0.25) is 4.79 Å². The molecule has 0 atom stereocenters. The van der Waals surface area contributed by atoms with E-state index in [1.54, 1.807) is 12.3 Å². The van der Waals surface area contributed by atoms with Gasteiger partial charge in [-0.05, 0) is 68.7 Å². The van der Waals surface area contributed by atoms with Crippen LogP contribution in [0.5, 0.6) is 5.75 Å². The maximum absolute atomic E-state index is 13.0. The minimum Gasteiger partial charge on any atom is -0.493 e. The molecule has 0 aliphatic carbocycles. The maximum Gasteiger partial charge on any atom is 0.246 e. The number of rotatable bonds is 6. The Bertz CT molecular complexity index is 1070. The van der Waals surface area contributed by atoms with E-state index in [2.05, 4.69) is 36.4 Å². The summed E-state index contributed by atoms with van der Waals surface area (Å²) in [5.74, 6) is 1.49. The fourth-order valence-electron chi connectivity index (χ4n) is 4.42. The topological polar surface area (TPSA) is 42.7 Å². The van der Waals surface area contributed by atoms with E-state index in [9.17, 15) is 4.79 Å². The van der Waals surface area contributed by atoms with Crippen molar-refractivity contribution in [2.75, 3.05) is 19.7 Å². The van der Waals surface area contributed by atoms with Crippen molar-refractivity contribution in [3.8, 4) is 5.75 Å². The second-order valence-electron chi connectivity index (χ2n) is 8.48. The number of piperidine rings is 1. The highest BCUT2D eigenvalue weighted by molar-refractivity contribution is 5.97. The Labute approximate surface area is 184 Å². The Balaban J connectivity index is 1.45. The summed E-state index contributed by atoms with van der Waals surface area (Å²) in [5, 5.41) is 1.06. The fraction of sp³-hybridized carbons (Fsp3) is 0.370. The fourth-order valence-corrected chi connectivity index (χ4v) is 4.42. The molecule has 1 aliphatic rings. The number of hydrogen-bond donors (Lipinski definition) is 0. The van der Waals surface area contributed by atoms with Crippen LogP contribution in [0.25, 0.3) is 16.5 Å². The minimum atomic E-state index is 0.0853. The van der Waals surface area contributed by atoms with Crippen molar-refractivity contribution in [1.82, 2.24) is 4.90 Å². The molecular weight excluding hydrogens is 386 g/mol. The largest absolute Gasteiger partial charge is 0.493 e. The van der Waals surface area contributed by atoms with Crippen LogP contribution < -0.4 is 4.74 Å². The predicted molar refractivity (Wildman–Crippen MR) is 125 cm³/mol. The summed E-state index contributed by atoms with van der Waals surface area (Å²) in [6.45, 7) is 8.18. The lowest BCUT2D eigenvalue weighted by Crippen LogP contribution is -2.38. The van der Waals surface area contributed by atoms with Crippen molar-refractivity contribution in [2.24, 2.45) is 5.92 Å².